The molecule has 6 heteroatoms. The smallest absolute Gasteiger partial charge is 0.326 e. The maximum atomic E-state index is 12.0. The Morgan fingerprint density at radius 3 is 2.26 bits per heavy atom. The molecule has 5 nitrogen and oxygen atoms in total. The van der Waals surface area contributed by atoms with Gasteiger partial charge in [-0.25, -0.2) is 9.59 Å². The largest absolute Gasteiger partial charge is 0.480 e. The van der Waals surface area contributed by atoms with Crippen molar-refractivity contribution in [3.8, 4) is 0 Å². The third-order valence-corrected chi connectivity index (χ3v) is 3.83. The molecule has 0 spiro atoms. The number of urea groups is 1. The van der Waals surface area contributed by atoms with Crippen molar-refractivity contribution in [1.29, 1.82) is 0 Å². The van der Waals surface area contributed by atoms with E-state index >= 15 is 0 Å². The maximum absolute atomic E-state index is 12.0. The standard InChI is InChI=1S/C17H25BrN2O3/c1-11(10-17(2,3)4)9-14(15(21)22)20-16(23)19-13-7-5-12(18)6-8-13/h5-8,11,14H,9-10H2,1-4H3,(H,21,22)(H2,19,20,23)/t11?,14-/m1/s1. The van der Waals surface area contributed by atoms with Crippen LogP contribution >= 0.6 is 15.9 Å². The van der Waals surface area contributed by atoms with Crippen molar-refractivity contribution in [2.45, 2.75) is 46.6 Å². The van der Waals surface area contributed by atoms with Crippen molar-refractivity contribution in [3.05, 3.63) is 28.7 Å². The summed E-state index contributed by atoms with van der Waals surface area (Å²) in [6, 6.07) is 5.67. The van der Waals surface area contributed by atoms with E-state index in [2.05, 4.69) is 47.3 Å². The zero-order valence-corrected chi connectivity index (χ0v) is 15.6. The summed E-state index contributed by atoms with van der Waals surface area (Å²) in [5.74, 6) is -0.819. The molecule has 0 saturated carbocycles. The lowest BCUT2D eigenvalue weighted by Gasteiger charge is -2.25. The van der Waals surface area contributed by atoms with E-state index in [9.17, 15) is 14.7 Å². The molecular weight excluding hydrogens is 360 g/mol. The number of anilines is 1. The van der Waals surface area contributed by atoms with Gasteiger partial charge < -0.3 is 15.7 Å². The highest BCUT2D eigenvalue weighted by molar-refractivity contribution is 9.10. The monoisotopic (exact) mass is 384 g/mol. The molecular formula is C17H25BrN2O3. The van der Waals surface area contributed by atoms with E-state index < -0.39 is 18.0 Å². The van der Waals surface area contributed by atoms with Gasteiger partial charge >= 0.3 is 12.0 Å². The molecule has 1 aromatic carbocycles. The lowest BCUT2D eigenvalue weighted by Crippen LogP contribution is -2.44. The van der Waals surface area contributed by atoms with Gasteiger partial charge in [-0.2, -0.15) is 0 Å². The summed E-state index contributed by atoms with van der Waals surface area (Å²) in [5.41, 5.74) is 0.736. The van der Waals surface area contributed by atoms with Gasteiger partial charge in [0.1, 0.15) is 6.04 Å². The lowest BCUT2D eigenvalue weighted by molar-refractivity contribution is -0.139. The Morgan fingerprint density at radius 1 is 1.22 bits per heavy atom. The zero-order valence-electron chi connectivity index (χ0n) is 14.0. The Morgan fingerprint density at radius 2 is 1.78 bits per heavy atom. The summed E-state index contributed by atoms with van der Waals surface area (Å²) in [6.07, 6.45) is 1.30. The van der Waals surface area contributed by atoms with Gasteiger partial charge in [-0.05, 0) is 48.4 Å². The molecule has 0 aliphatic heterocycles. The number of carbonyl (C=O) groups excluding carboxylic acids is 1. The van der Waals surface area contributed by atoms with Crippen LogP contribution in [0.3, 0.4) is 0 Å². The molecule has 128 valence electrons. The lowest BCUT2D eigenvalue weighted by atomic mass is 9.83. The summed E-state index contributed by atoms with van der Waals surface area (Å²) in [7, 11) is 0. The van der Waals surface area contributed by atoms with Crippen molar-refractivity contribution in [1.82, 2.24) is 5.32 Å². The molecule has 1 unspecified atom stereocenters. The Kier molecular flexibility index (Phi) is 7.06. The molecule has 23 heavy (non-hydrogen) atoms. The predicted octanol–water partition coefficient (Wildman–Crippen LogP) is 4.49. The molecule has 1 rings (SSSR count). The second-order valence-electron chi connectivity index (χ2n) is 7.10. The van der Waals surface area contributed by atoms with Crippen molar-refractivity contribution in [2.24, 2.45) is 11.3 Å². The van der Waals surface area contributed by atoms with Crippen molar-refractivity contribution in [2.75, 3.05) is 5.32 Å². The number of aliphatic carboxylic acids is 1. The number of carboxylic acid groups (broad SMARTS) is 1. The second-order valence-corrected chi connectivity index (χ2v) is 8.02. The Bertz CT molecular complexity index is 538. The minimum Gasteiger partial charge on any atom is -0.480 e. The molecule has 3 N–H and O–H groups in total. The maximum Gasteiger partial charge on any atom is 0.326 e. The van der Waals surface area contributed by atoms with Crippen LogP contribution in [0.2, 0.25) is 0 Å². The van der Waals surface area contributed by atoms with Crippen LogP contribution in [-0.4, -0.2) is 23.1 Å². The zero-order chi connectivity index (χ0) is 17.6. The van der Waals surface area contributed by atoms with Crippen molar-refractivity contribution < 1.29 is 14.7 Å². The average Bonchev–Trinajstić information content (AvgIpc) is 2.38. The molecule has 0 aliphatic carbocycles. The third-order valence-electron chi connectivity index (χ3n) is 3.30. The van der Waals surface area contributed by atoms with E-state index in [0.29, 0.717) is 12.1 Å². The first-order valence-electron chi connectivity index (χ1n) is 7.63. The quantitative estimate of drug-likeness (QED) is 0.675. The van der Waals surface area contributed by atoms with E-state index in [-0.39, 0.29) is 11.3 Å². The van der Waals surface area contributed by atoms with Crippen LogP contribution in [0.4, 0.5) is 10.5 Å². The molecule has 0 heterocycles. The molecule has 0 saturated heterocycles. The summed E-state index contributed by atoms with van der Waals surface area (Å²) in [6.45, 7) is 8.36. The van der Waals surface area contributed by atoms with Crippen LogP contribution < -0.4 is 10.6 Å². The summed E-state index contributed by atoms with van der Waals surface area (Å²) in [5, 5.41) is 14.5. The van der Waals surface area contributed by atoms with E-state index in [4.69, 9.17) is 0 Å². The molecule has 2 amide bonds. The van der Waals surface area contributed by atoms with Gasteiger partial charge in [0, 0.05) is 10.2 Å². The number of halogens is 1. The fraction of sp³-hybridized carbons (Fsp3) is 0.529. The highest BCUT2D eigenvalue weighted by Crippen LogP contribution is 2.26. The molecule has 2 atom stereocenters. The van der Waals surface area contributed by atoms with E-state index in [1.54, 1.807) is 24.3 Å². The summed E-state index contributed by atoms with van der Waals surface area (Å²) >= 11 is 3.32. The Labute approximate surface area is 146 Å². The normalized spacial score (nSPS) is 14.0. The summed E-state index contributed by atoms with van der Waals surface area (Å²) in [4.78, 5) is 23.4. The number of benzene rings is 1. The van der Waals surface area contributed by atoms with Crippen LogP contribution in [0.25, 0.3) is 0 Å². The van der Waals surface area contributed by atoms with Gasteiger partial charge in [0.15, 0.2) is 0 Å². The summed E-state index contributed by atoms with van der Waals surface area (Å²) < 4.78 is 0.905. The van der Waals surface area contributed by atoms with Gasteiger partial charge in [0.2, 0.25) is 0 Å². The fourth-order valence-corrected chi connectivity index (χ4v) is 2.88. The number of hydrogen-bond acceptors (Lipinski definition) is 2. The third kappa shape index (κ3) is 8.02. The molecule has 0 aliphatic rings. The molecule has 0 radical (unpaired) electrons. The number of hydrogen-bond donors (Lipinski definition) is 3. The fourth-order valence-electron chi connectivity index (χ4n) is 2.61. The van der Waals surface area contributed by atoms with Crippen LogP contribution in [0.15, 0.2) is 28.7 Å². The van der Waals surface area contributed by atoms with Crippen LogP contribution in [0.1, 0.15) is 40.5 Å². The van der Waals surface area contributed by atoms with Crippen LogP contribution in [0.5, 0.6) is 0 Å². The highest BCUT2D eigenvalue weighted by Gasteiger charge is 2.25. The van der Waals surface area contributed by atoms with Crippen LogP contribution in [-0.2, 0) is 4.79 Å². The average molecular weight is 385 g/mol. The second kappa shape index (κ2) is 8.34. The first kappa shape index (κ1) is 19.5. The molecule has 0 aromatic heterocycles. The first-order chi connectivity index (χ1) is 10.6. The number of amides is 2. The van der Waals surface area contributed by atoms with Gasteiger partial charge in [-0.1, -0.05) is 43.6 Å². The number of carboxylic acids is 1. The molecule has 1 aromatic rings. The SMILES string of the molecule is CC(C[C@@H](NC(=O)Nc1ccc(Br)cc1)C(=O)O)CC(C)(C)C. The van der Waals surface area contributed by atoms with Gasteiger partial charge in [0.05, 0.1) is 0 Å². The topological polar surface area (TPSA) is 78.4 Å². The molecule has 0 bridgehead atoms. The number of carbonyl (C=O) groups is 2. The van der Waals surface area contributed by atoms with Crippen molar-refractivity contribution in [3.63, 3.8) is 0 Å². The highest BCUT2D eigenvalue weighted by atomic mass is 79.9. The van der Waals surface area contributed by atoms with Crippen molar-refractivity contribution >= 4 is 33.6 Å². The minimum absolute atomic E-state index is 0.127. The Hall–Kier alpha value is -1.56. The van der Waals surface area contributed by atoms with Gasteiger partial charge in [0.25, 0.3) is 0 Å². The first-order valence-corrected chi connectivity index (χ1v) is 8.42. The van der Waals surface area contributed by atoms with E-state index in [1.165, 1.54) is 0 Å². The number of nitrogens with one attached hydrogen (secondary N) is 2. The molecule has 0 fully saturated rings. The van der Waals surface area contributed by atoms with Crippen LogP contribution in [0, 0.1) is 11.3 Å². The Balaban J connectivity index is 2.59. The van der Waals surface area contributed by atoms with Gasteiger partial charge in [-0.3, -0.25) is 0 Å². The van der Waals surface area contributed by atoms with E-state index in [1.807, 2.05) is 6.92 Å². The van der Waals surface area contributed by atoms with Gasteiger partial charge in [-0.15, -0.1) is 0 Å². The predicted molar refractivity (Wildman–Crippen MR) is 95.6 cm³/mol. The number of rotatable bonds is 6. The minimum atomic E-state index is -1.02. The van der Waals surface area contributed by atoms with E-state index in [0.717, 1.165) is 10.9 Å².